The first kappa shape index (κ1) is 25.2. The van der Waals surface area contributed by atoms with Crippen molar-refractivity contribution in [3.63, 3.8) is 0 Å². The molecule has 0 aliphatic heterocycles. The van der Waals surface area contributed by atoms with Crippen molar-refractivity contribution in [2.24, 2.45) is 5.92 Å². The SMILES string of the molecule is C/C=C/CCc1ccc2c(F)c(C#Cc3ccc(C4CCC(CCCCC)CC4)cc3)ccc2c1. The third-order valence-electron chi connectivity index (χ3n) is 7.64. The first-order chi connectivity index (χ1) is 17.2. The fourth-order valence-corrected chi connectivity index (χ4v) is 5.46. The number of rotatable bonds is 8. The summed E-state index contributed by atoms with van der Waals surface area (Å²) in [5, 5.41) is 1.59. The molecule has 0 heterocycles. The van der Waals surface area contributed by atoms with Gasteiger partial charge in [0.15, 0.2) is 0 Å². The number of fused-ring (bicyclic) bond motifs is 1. The maximum absolute atomic E-state index is 15.1. The highest BCUT2D eigenvalue weighted by Gasteiger charge is 2.21. The van der Waals surface area contributed by atoms with Crippen LogP contribution < -0.4 is 0 Å². The summed E-state index contributed by atoms with van der Waals surface area (Å²) in [7, 11) is 0. The molecule has 0 N–H and O–H groups in total. The zero-order valence-electron chi connectivity index (χ0n) is 21.5. The fraction of sp³-hybridized carbons (Fsp3) is 0.412. The van der Waals surface area contributed by atoms with Crippen molar-refractivity contribution in [1.29, 1.82) is 0 Å². The number of hydrogen-bond donors (Lipinski definition) is 0. The Kier molecular flexibility index (Phi) is 9.19. The standard InChI is InChI=1S/C34H39F/c1-3-5-7-9-26-11-17-29(18-12-26)30-19-13-27(14-20-30)15-21-31-22-23-32-25-28(10-8-6-4-2)16-24-33(32)34(31)35/h4,6,13-14,16,19-20,22-26,29H,3,5,7-12,17-18H2,1-2H3/b6-4+. The molecule has 182 valence electrons. The molecule has 3 aromatic rings. The molecule has 0 saturated heterocycles. The summed E-state index contributed by atoms with van der Waals surface area (Å²) < 4.78 is 15.1. The summed E-state index contributed by atoms with van der Waals surface area (Å²) in [6.45, 7) is 4.32. The normalized spacial score (nSPS) is 18.0. The average molecular weight is 467 g/mol. The molecule has 0 nitrogen and oxygen atoms in total. The lowest BCUT2D eigenvalue weighted by atomic mass is 9.77. The first-order valence-corrected chi connectivity index (χ1v) is 13.6. The number of unbranched alkanes of at least 4 members (excludes halogenated alkanes) is 2. The number of aryl methyl sites for hydroxylation is 1. The highest BCUT2D eigenvalue weighted by Crippen LogP contribution is 2.37. The third-order valence-corrected chi connectivity index (χ3v) is 7.64. The van der Waals surface area contributed by atoms with E-state index in [2.05, 4.69) is 61.2 Å². The number of halogens is 1. The van der Waals surface area contributed by atoms with Crippen molar-refractivity contribution in [2.75, 3.05) is 0 Å². The van der Waals surface area contributed by atoms with E-state index in [1.165, 1.54) is 62.5 Å². The van der Waals surface area contributed by atoms with Crippen LogP contribution in [0.2, 0.25) is 0 Å². The van der Waals surface area contributed by atoms with Crippen LogP contribution in [0.15, 0.2) is 66.7 Å². The molecule has 4 rings (SSSR count). The molecule has 1 aliphatic rings. The minimum absolute atomic E-state index is 0.220. The zero-order chi connectivity index (χ0) is 24.5. The van der Waals surface area contributed by atoms with Gasteiger partial charge in [-0.3, -0.25) is 0 Å². The largest absolute Gasteiger partial charge is 0.205 e. The molecule has 0 amide bonds. The molecule has 0 radical (unpaired) electrons. The topological polar surface area (TPSA) is 0 Å². The van der Waals surface area contributed by atoms with E-state index in [4.69, 9.17) is 0 Å². The van der Waals surface area contributed by atoms with Gasteiger partial charge in [-0.25, -0.2) is 4.39 Å². The molecule has 0 unspecified atom stereocenters. The highest BCUT2D eigenvalue weighted by atomic mass is 19.1. The number of benzene rings is 3. The van der Waals surface area contributed by atoms with Crippen molar-refractivity contribution < 1.29 is 4.39 Å². The zero-order valence-corrected chi connectivity index (χ0v) is 21.5. The van der Waals surface area contributed by atoms with E-state index >= 15 is 4.39 Å². The first-order valence-electron chi connectivity index (χ1n) is 13.6. The molecule has 1 aliphatic carbocycles. The van der Waals surface area contributed by atoms with E-state index in [0.29, 0.717) is 16.9 Å². The van der Waals surface area contributed by atoms with Crippen molar-refractivity contribution >= 4 is 10.8 Å². The van der Waals surface area contributed by atoms with E-state index < -0.39 is 0 Å². The van der Waals surface area contributed by atoms with Crippen LogP contribution >= 0.6 is 0 Å². The third kappa shape index (κ3) is 6.85. The van der Waals surface area contributed by atoms with Crippen LogP contribution in [-0.2, 0) is 6.42 Å². The predicted molar refractivity (Wildman–Crippen MR) is 148 cm³/mol. The second-order valence-electron chi connectivity index (χ2n) is 10.2. The van der Waals surface area contributed by atoms with Crippen LogP contribution in [0, 0.1) is 23.6 Å². The Labute approximate surface area is 211 Å². The van der Waals surface area contributed by atoms with E-state index in [0.717, 1.165) is 29.7 Å². The summed E-state index contributed by atoms with van der Waals surface area (Å²) >= 11 is 0. The molecular weight excluding hydrogens is 427 g/mol. The fourth-order valence-electron chi connectivity index (χ4n) is 5.46. The van der Waals surface area contributed by atoms with Gasteiger partial charge in [-0.05, 0) is 92.0 Å². The molecule has 1 heteroatoms. The molecule has 0 spiro atoms. The van der Waals surface area contributed by atoms with Crippen molar-refractivity contribution in [2.45, 2.75) is 84.0 Å². The number of allylic oxidation sites excluding steroid dienone is 2. The van der Waals surface area contributed by atoms with Gasteiger partial charge in [0, 0.05) is 10.9 Å². The van der Waals surface area contributed by atoms with Gasteiger partial charge in [0.25, 0.3) is 0 Å². The van der Waals surface area contributed by atoms with E-state index in [9.17, 15) is 0 Å². The summed E-state index contributed by atoms with van der Waals surface area (Å²) in [5.41, 5.74) is 4.08. The van der Waals surface area contributed by atoms with Crippen molar-refractivity contribution in [3.05, 3.63) is 94.8 Å². The van der Waals surface area contributed by atoms with Crippen LogP contribution in [-0.4, -0.2) is 0 Å². The van der Waals surface area contributed by atoms with Crippen molar-refractivity contribution in [3.8, 4) is 11.8 Å². The summed E-state index contributed by atoms with van der Waals surface area (Å²) in [6, 6.07) is 18.5. The van der Waals surface area contributed by atoms with Gasteiger partial charge in [-0.15, -0.1) is 0 Å². The molecule has 0 aromatic heterocycles. The minimum atomic E-state index is -0.220. The Morgan fingerprint density at radius 1 is 0.914 bits per heavy atom. The molecule has 0 atom stereocenters. The van der Waals surface area contributed by atoms with E-state index in [1.54, 1.807) is 0 Å². The minimum Gasteiger partial charge on any atom is -0.205 e. The van der Waals surface area contributed by atoms with Crippen LogP contribution in [0.25, 0.3) is 10.8 Å². The van der Waals surface area contributed by atoms with E-state index in [1.807, 2.05) is 31.2 Å². The Morgan fingerprint density at radius 3 is 2.46 bits per heavy atom. The van der Waals surface area contributed by atoms with Gasteiger partial charge in [0.1, 0.15) is 5.82 Å². The van der Waals surface area contributed by atoms with E-state index in [-0.39, 0.29) is 5.82 Å². The van der Waals surface area contributed by atoms with Gasteiger partial charge in [0.2, 0.25) is 0 Å². The van der Waals surface area contributed by atoms with Gasteiger partial charge in [-0.2, -0.15) is 0 Å². The van der Waals surface area contributed by atoms with Crippen molar-refractivity contribution in [1.82, 2.24) is 0 Å². The Balaban J connectivity index is 1.39. The number of hydrogen-bond acceptors (Lipinski definition) is 0. The summed E-state index contributed by atoms with van der Waals surface area (Å²) in [4.78, 5) is 0. The van der Waals surface area contributed by atoms with Gasteiger partial charge < -0.3 is 0 Å². The van der Waals surface area contributed by atoms with Gasteiger partial charge in [-0.1, -0.05) is 93.0 Å². The molecule has 3 aromatic carbocycles. The molecule has 35 heavy (non-hydrogen) atoms. The Hall–Kier alpha value is -2.85. The highest BCUT2D eigenvalue weighted by molar-refractivity contribution is 5.85. The maximum Gasteiger partial charge on any atom is 0.146 e. The van der Waals surface area contributed by atoms with Crippen LogP contribution in [0.4, 0.5) is 4.39 Å². The van der Waals surface area contributed by atoms with Gasteiger partial charge >= 0.3 is 0 Å². The lowest BCUT2D eigenvalue weighted by molar-refractivity contribution is 0.303. The Morgan fingerprint density at radius 2 is 1.71 bits per heavy atom. The van der Waals surface area contributed by atoms with Crippen LogP contribution in [0.1, 0.15) is 99.8 Å². The molecule has 0 bridgehead atoms. The van der Waals surface area contributed by atoms with Crippen LogP contribution in [0.5, 0.6) is 0 Å². The van der Waals surface area contributed by atoms with Gasteiger partial charge in [0.05, 0.1) is 5.56 Å². The molecule has 1 fully saturated rings. The maximum atomic E-state index is 15.1. The molecular formula is C34H39F. The average Bonchev–Trinajstić information content (AvgIpc) is 2.89. The summed E-state index contributed by atoms with van der Waals surface area (Å²) in [5.74, 6) is 7.65. The molecule has 1 saturated carbocycles. The lowest BCUT2D eigenvalue weighted by Gasteiger charge is -2.29. The second kappa shape index (κ2) is 12.7. The lowest BCUT2D eigenvalue weighted by Crippen LogP contribution is -2.13. The smallest absolute Gasteiger partial charge is 0.146 e. The Bertz CT molecular complexity index is 1180. The van der Waals surface area contributed by atoms with Crippen LogP contribution in [0.3, 0.4) is 0 Å². The monoisotopic (exact) mass is 466 g/mol. The predicted octanol–water partition coefficient (Wildman–Crippen LogP) is 9.74. The quantitative estimate of drug-likeness (QED) is 0.176. The second-order valence-corrected chi connectivity index (χ2v) is 10.2. The summed E-state index contributed by atoms with van der Waals surface area (Å²) in [6.07, 6.45) is 17.1.